The molecule has 0 saturated heterocycles. The molecule has 1 fully saturated rings. The van der Waals surface area contributed by atoms with E-state index in [4.69, 9.17) is 0 Å². The lowest BCUT2D eigenvalue weighted by molar-refractivity contribution is -0.384. The van der Waals surface area contributed by atoms with E-state index in [2.05, 4.69) is 26.1 Å². The lowest BCUT2D eigenvalue weighted by atomic mass is 9.92. The van der Waals surface area contributed by atoms with Crippen LogP contribution < -0.4 is 5.32 Å². The molecule has 1 unspecified atom stereocenters. The third-order valence-corrected chi connectivity index (χ3v) is 4.48. The average Bonchev–Trinajstić information content (AvgIpc) is 3.17. The lowest BCUT2D eigenvalue weighted by Crippen LogP contribution is -2.29. The van der Waals surface area contributed by atoms with Gasteiger partial charge < -0.3 is 5.32 Å². The van der Waals surface area contributed by atoms with Crippen LogP contribution >= 0.6 is 0 Å². The summed E-state index contributed by atoms with van der Waals surface area (Å²) in [6.07, 6.45) is 2.62. The van der Waals surface area contributed by atoms with Crippen molar-refractivity contribution in [2.75, 3.05) is 6.54 Å². The summed E-state index contributed by atoms with van der Waals surface area (Å²) in [5.74, 6) is 0.712. The van der Waals surface area contributed by atoms with Crippen molar-refractivity contribution < 1.29 is 4.92 Å². The van der Waals surface area contributed by atoms with Crippen molar-refractivity contribution in [1.82, 2.24) is 5.32 Å². The minimum absolute atomic E-state index is 0.150. The van der Waals surface area contributed by atoms with Gasteiger partial charge in [0, 0.05) is 24.7 Å². The van der Waals surface area contributed by atoms with Gasteiger partial charge in [-0.2, -0.15) is 0 Å². The van der Waals surface area contributed by atoms with Gasteiger partial charge in [0.05, 0.1) is 4.92 Å². The van der Waals surface area contributed by atoms with Crippen LogP contribution in [0, 0.1) is 21.4 Å². The minimum atomic E-state index is -0.361. The predicted molar refractivity (Wildman–Crippen MR) is 76.0 cm³/mol. The van der Waals surface area contributed by atoms with Gasteiger partial charge in [-0.05, 0) is 36.7 Å². The number of hydrogen-bond donors (Lipinski definition) is 1. The molecule has 1 saturated carbocycles. The summed E-state index contributed by atoms with van der Waals surface area (Å²) in [5, 5.41) is 14.2. The second-order valence-corrected chi connectivity index (χ2v) is 5.97. The van der Waals surface area contributed by atoms with E-state index >= 15 is 0 Å². The first-order chi connectivity index (χ1) is 8.94. The van der Waals surface area contributed by atoms with Crippen molar-refractivity contribution in [3.05, 3.63) is 39.9 Å². The summed E-state index contributed by atoms with van der Waals surface area (Å²) in [6, 6.07) is 7.05. The third kappa shape index (κ3) is 3.13. The van der Waals surface area contributed by atoms with Crippen molar-refractivity contribution >= 4 is 5.69 Å². The van der Waals surface area contributed by atoms with Gasteiger partial charge in [0.2, 0.25) is 0 Å². The van der Waals surface area contributed by atoms with Gasteiger partial charge in [0.1, 0.15) is 0 Å². The quantitative estimate of drug-likeness (QED) is 0.628. The zero-order chi connectivity index (χ0) is 14.0. The maximum atomic E-state index is 10.6. The molecule has 1 aromatic carbocycles. The maximum absolute atomic E-state index is 10.6. The molecular weight excluding hydrogens is 240 g/mol. The van der Waals surface area contributed by atoms with Crippen LogP contribution in [0.3, 0.4) is 0 Å². The van der Waals surface area contributed by atoms with Crippen LogP contribution in [0.5, 0.6) is 0 Å². The van der Waals surface area contributed by atoms with Crippen molar-refractivity contribution in [2.45, 2.75) is 39.7 Å². The zero-order valence-electron chi connectivity index (χ0n) is 11.8. The Kier molecular flexibility index (Phi) is 3.90. The molecule has 19 heavy (non-hydrogen) atoms. The summed E-state index contributed by atoms with van der Waals surface area (Å²) >= 11 is 0. The molecule has 1 aromatic rings. The van der Waals surface area contributed by atoms with E-state index in [0.717, 1.165) is 12.1 Å². The summed E-state index contributed by atoms with van der Waals surface area (Å²) in [4.78, 5) is 10.3. The van der Waals surface area contributed by atoms with Gasteiger partial charge in [-0.1, -0.05) is 26.0 Å². The normalized spacial score (nSPS) is 18.3. The van der Waals surface area contributed by atoms with Crippen LogP contribution in [0.4, 0.5) is 5.69 Å². The Morgan fingerprint density at radius 3 is 2.26 bits per heavy atom. The number of non-ortho nitro benzene ring substituents is 1. The van der Waals surface area contributed by atoms with E-state index in [9.17, 15) is 10.1 Å². The van der Waals surface area contributed by atoms with Gasteiger partial charge >= 0.3 is 0 Å². The highest BCUT2D eigenvalue weighted by molar-refractivity contribution is 5.34. The number of rotatable bonds is 6. The molecule has 2 rings (SSSR count). The predicted octanol–water partition coefficient (Wildman–Crippen LogP) is 3.68. The van der Waals surface area contributed by atoms with E-state index in [-0.39, 0.29) is 16.7 Å². The fourth-order valence-electron chi connectivity index (χ4n) is 2.48. The molecule has 0 heterocycles. The second-order valence-electron chi connectivity index (χ2n) is 5.97. The molecule has 104 valence electrons. The maximum Gasteiger partial charge on any atom is 0.269 e. The Balaban J connectivity index is 1.93. The Labute approximate surface area is 114 Å². The van der Waals surface area contributed by atoms with Crippen molar-refractivity contribution in [2.24, 2.45) is 11.3 Å². The number of nitro benzene ring substituents is 1. The molecule has 0 radical (unpaired) electrons. The highest BCUT2D eigenvalue weighted by atomic mass is 16.6. The molecule has 1 atom stereocenters. The molecule has 0 amide bonds. The average molecular weight is 262 g/mol. The molecule has 0 aromatic heterocycles. The van der Waals surface area contributed by atoms with E-state index in [0.29, 0.717) is 11.3 Å². The number of nitro groups is 1. The molecule has 1 N–H and O–H groups in total. The molecule has 0 bridgehead atoms. The SMILES string of the molecule is CC(NCC1(C(C)C)CC1)c1ccc([N+](=O)[O-])cc1. The highest BCUT2D eigenvalue weighted by Gasteiger charge is 2.44. The molecule has 4 heteroatoms. The minimum Gasteiger partial charge on any atom is -0.310 e. The van der Waals surface area contributed by atoms with Gasteiger partial charge in [0.15, 0.2) is 0 Å². The summed E-state index contributed by atoms with van der Waals surface area (Å²) < 4.78 is 0. The van der Waals surface area contributed by atoms with Crippen molar-refractivity contribution in [3.63, 3.8) is 0 Å². The summed E-state index contributed by atoms with van der Waals surface area (Å²) in [5.41, 5.74) is 1.73. The number of nitrogens with one attached hydrogen (secondary N) is 1. The van der Waals surface area contributed by atoms with Crippen LogP contribution in [-0.2, 0) is 0 Å². The van der Waals surface area contributed by atoms with Gasteiger partial charge in [-0.25, -0.2) is 0 Å². The van der Waals surface area contributed by atoms with Crippen molar-refractivity contribution in [1.29, 1.82) is 0 Å². The molecular formula is C15H22N2O2. The lowest BCUT2D eigenvalue weighted by Gasteiger charge is -2.23. The third-order valence-electron chi connectivity index (χ3n) is 4.48. The monoisotopic (exact) mass is 262 g/mol. The van der Waals surface area contributed by atoms with E-state index in [1.807, 2.05) is 12.1 Å². The van der Waals surface area contributed by atoms with Gasteiger partial charge in [-0.3, -0.25) is 10.1 Å². The fraction of sp³-hybridized carbons (Fsp3) is 0.600. The Hall–Kier alpha value is -1.42. The molecule has 0 spiro atoms. The number of hydrogen-bond acceptors (Lipinski definition) is 3. The standard InChI is InChI=1S/C15H22N2O2/c1-11(2)15(8-9-15)10-16-12(3)13-4-6-14(7-5-13)17(18)19/h4-7,11-12,16H,8-10H2,1-3H3. The first kappa shape index (κ1) is 14.0. The first-order valence-electron chi connectivity index (χ1n) is 6.92. The van der Waals surface area contributed by atoms with E-state index in [1.165, 1.54) is 12.8 Å². The van der Waals surface area contributed by atoms with Crippen LogP contribution in [0.25, 0.3) is 0 Å². The molecule has 0 aliphatic heterocycles. The smallest absolute Gasteiger partial charge is 0.269 e. The zero-order valence-corrected chi connectivity index (χ0v) is 11.8. The Morgan fingerprint density at radius 1 is 1.26 bits per heavy atom. The Bertz CT molecular complexity index is 450. The second kappa shape index (κ2) is 5.29. The Morgan fingerprint density at radius 2 is 1.84 bits per heavy atom. The van der Waals surface area contributed by atoms with Crippen LogP contribution in [0.2, 0.25) is 0 Å². The number of nitrogens with zero attached hydrogens (tertiary/aromatic N) is 1. The van der Waals surface area contributed by atoms with Crippen LogP contribution in [0.15, 0.2) is 24.3 Å². The van der Waals surface area contributed by atoms with Crippen LogP contribution in [-0.4, -0.2) is 11.5 Å². The highest BCUT2D eigenvalue weighted by Crippen LogP contribution is 2.51. The summed E-state index contributed by atoms with van der Waals surface area (Å²) in [6.45, 7) is 7.71. The first-order valence-corrected chi connectivity index (χ1v) is 6.92. The molecule has 1 aliphatic carbocycles. The van der Waals surface area contributed by atoms with E-state index in [1.54, 1.807) is 12.1 Å². The summed E-state index contributed by atoms with van der Waals surface area (Å²) in [7, 11) is 0. The van der Waals surface area contributed by atoms with E-state index < -0.39 is 0 Å². The molecule has 4 nitrogen and oxygen atoms in total. The van der Waals surface area contributed by atoms with Gasteiger partial charge in [0.25, 0.3) is 5.69 Å². The van der Waals surface area contributed by atoms with Gasteiger partial charge in [-0.15, -0.1) is 0 Å². The van der Waals surface area contributed by atoms with Crippen LogP contribution in [0.1, 0.15) is 45.2 Å². The largest absolute Gasteiger partial charge is 0.310 e. The topological polar surface area (TPSA) is 55.2 Å². The fourth-order valence-corrected chi connectivity index (χ4v) is 2.48. The van der Waals surface area contributed by atoms with Crippen molar-refractivity contribution in [3.8, 4) is 0 Å². The number of benzene rings is 1. The molecule has 1 aliphatic rings.